The Morgan fingerprint density at radius 3 is 2.79 bits per heavy atom. The number of carboxylic acid groups (broad SMARTS) is 1. The van der Waals surface area contributed by atoms with Crippen molar-refractivity contribution in [3.63, 3.8) is 0 Å². The summed E-state index contributed by atoms with van der Waals surface area (Å²) in [5, 5.41) is 21.7. The molecule has 2 rings (SSSR count). The van der Waals surface area contributed by atoms with Crippen molar-refractivity contribution in [3.8, 4) is 11.6 Å². The Morgan fingerprint density at radius 2 is 2.21 bits per heavy atom. The lowest BCUT2D eigenvalue weighted by atomic mass is 10.1. The summed E-state index contributed by atoms with van der Waals surface area (Å²) >= 11 is 0. The molecular weight excluding hydrogens is 252 g/mol. The van der Waals surface area contributed by atoms with Crippen LogP contribution in [-0.2, 0) is 6.61 Å². The van der Waals surface area contributed by atoms with Crippen LogP contribution in [0.3, 0.4) is 0 Å². The zero-order chi connectivity index (χ0) is 13.8. The van der Waals surface area contributed by atoms with E-state index in [2.05, 4.69) is 5.10 Å². The first-order valence-corrected chi connectivity index (χ1v) is 5.38. The fourth-order valence-electron chi connectivity index (χ4n) is 1.63. The third-order valence-corrected chi connectivity index (χ3v) is 2.50. The fraction of sp³-hybridized carbons (Fsp3) is 0.167. The molecule has 0 fully saturated rings. The summed E-state index contributed by atoms with van der Waals surface area (Å²) in [6.07, 6.45) is 1.30. The molecule has 7 heteroatoms. The second-order valence-electron chi connectivity index (χ2n) is 3.65. The molecule has 0 aliphatic carbocycles. The third-order valence-electron chi connectivity index (χ3n) is 2.50. The van der Waals surface area contributed by atoms with Crippen LogP contribution >= 0.6 is 0 Å². The van der Waals surface area contributed by atoms with Gasteiger partial charge in [0, 0.05) is 11.6 Å². The van der Waals surface area contributed by atoms with Crippen LogP contribution < -0.4 is 9.47 Å². The lowest BCUT2D eigenvalue weighted by Crippen LogP contribution is -2.08. The molecule has 1 aromatic heterocycles. The number of ether oxygens (including phenoxy) is 2. The summed E-state index contributed by atoms with van der Waals surface area (Å²) in [5.41, 5.74) is 0.507. The first-order chi connectivity index (χ1) is 9.11. The predicted octanol–water partition coefficient (Wildman–Crippen LogP) is 1.41. The van der Waals surface area contributed by atoms with Crippen molar-refractivity contribution in [3.05, 3.63) is 41.6 Å². The standard InChI is InChI=1S/C12H12N2O5/c1-18-10-4-2-3-8(12(15)16)9(10)7-19-11-5-6-14(17)13-11/h2-6,17H,7H2,1H3,(H,15,16). The molecule has 0 bridgehead atoms. The van der Waals surface area contributed by atoms with Gasteiger partial charge in [-0.25, -0.2) is 4.79 Å². The minimum atomic E-state index is -1.06. The molecule has 0 saturated carbocycles. The Bertz CT molecular complexity index is 594. The van der Waals surface area contributed by atoms with Gasteiger partial charge in [0.15, 0.2) is 0 Å². The lowest BCUT2D eigenvalue weighted by molar-refractivity contribution is 0.0693. The number of carboxylic acids is 1. The van der Waals surface area contributed by atoms with Crippen molar-refractivity contribution in [1.82, 2.24) is 9.94 Å². The van der Waals surface area contributed by atoms with E-state index in [9.17, 15) is 4.79 Å². The van der Waals surface area contributed by atoms with Crippen LogP contribution in [-0.4, -0.2) is 33.3 Å². The van der Waals surface area contributed by atoms with Crippen LogP contribution in [0.4, 0.5) is 0 Å². The summed E-state index contributed by atoms with van der Waals surface area (Å²) < 4.78 is 10.4. The second-order valence-corrected chi connectivity index (χ2v) is 3.65. The normalized spacial score (nSPS) is 10.2. The van der Waals surface area contributed by atoms with Gasteiger partial charge in [0.05, 0.1) is 18.9 Å². The predicted molar refractivity (Wildman–Crippen MR) is 63.7 cm³/mol. The monoisotopic (exact) mass is 264 g/mol. The van der Waals surface area contributed by atoms with E-state index in [4.69, 9.17) is 19.8 Å². The molecule has 0 amide bonds. The maximum atomic E-state index is 11.1. The van der Waals surface area contributed by atoms with E-state index in [1.54, 1.807) is 12.1 Å². The van der Waals surface area contributed by atoms with E-state index < -0.39 is 5.97 Å². The summed E-state index contributed by atoms with van der Waals surface area (Å²) in [6, 6.07) is 6.16. The number of carbonyl (C=O) groups is 1. The van der Waals surface area contributed by atoms with Gasteiger partial charge in [0.1, 0.15) is 12.4 Å². The highest BCUT2D eigenvalue weighted by Gasteiger charge is 2.15. The molecule has 100 valence electrons. The molecule has 0 spiro atoms. The van der Waals surface area contributed by atoms with E-state index in [-0.39, 0.29) is 18.1 Å². The van der Waals surface area contributed by atoms with Gasteiger partial charge in [0.25, 0.3) is 0 Å². The van der Waals surface area contributed by atoms with Gasteiger partial charge in [-0.3, -0.25) is 0 Å². The van der Waals surface area contributed by atoms with Crippen LogP contribution in [0.15, 0.2) is 30.5 Å². The van der Waals surface area contributed by atoms with Gasteiger partial charge >= 0.3 is 5.97 Å². The highest BCUT2D eigenvalue weighted by atomic mass is 16.5. The van der Waals surface area contributed by atoms with Crippen molar-refractivity contribution in [2.45, 2.75) is 6.61 Å². The minimum absolute atomic E-state index is 0.0251. The number of methoxy groups -OCH3 is 1. The SMILES string of the molecule is COc1cccc(C(=O)O)c1COc1ccn(O)n1. The van der Waals surface area contributed by atoms with Crippen molar-refractivity contribution in [2.24, 2.45) is 0 Å². The summed E-state index contributed by atoms with van der Waals surface area (Å²) in [4.78, 5) is 11.7. The van der Waals surface area contributed by atoms with Crippen molar-refractivity contribution in [2.75, 3.05) is 7.11 Å². The van der Waals surface area contributed by atoms with Gasteiger partial charge in [-0.05, 0) is 12.1 Å². The number of aromatic carboxylic acids is 1. The first kappa shape index (κ1) is 12.7. The average molecular weight is 264 g/mol. The molecular formula is C12H12N2O5. The molecule has 0 unspecified atom stereocenters. The molecule has 2 aromatic rings. The molecule has 0 saturated heterocycles. The van der Waals surface area contributed by atoms with Gasteiger partial charge in [-0.15, -0.1) is 4.85 Å². The van der Waals surface area contributed by atoms with Crippen LogP contribution in [0.25, 0.3) is 0 Å². The van der Waals surface area contributed by atoms with Gasteiger partial charge in [-0.1, -0.05) is 11.2 Å². The van der Waals surface area contributed by atoms with E-state index in [0.717, 1.165) is 0 Å². The molecule has 1 aromatic carbocycles. The Hall–Kier alpha value is -2.70. The summed E-state index contributed by atoms with van der Waals surface area (Å²) in [7, 11) is 1.45. The van der Waals surface area contributed by atoms with Crippen LogP contribution in [0.1, 0.15) is 15.9 Å². The third kappa shape index (κ3) is 2.76. The van der Waals surface area contributed by atoms with Crippen molar-refractivity contribution in [1.29, 1.82) is 0 Å². The zero-order valence-electron chi connectivity index (χ0n) is 10.1. The van der Waals surface area contributed by atoms with E-state index in [1.807, 2.05) is 0 Å². The average Bonchev–Trinajstić information content (AvgIpc) is 2.81. The van der Waals surface area contributed by atoms with E-state index in [1.165, 1.54) is 25.4 Å². The quantitative estimate of drug-likeness (QED) is 0.793. The number of hydrogen-bond acceptors (Lipinski definition) is 5. The smallest absolute Gasteiger partial charge is 0.336 e. The Labute approximate surface area is 108 Å². The van der Waals surface area contributed by atoms with Crippen molar-refractivity contribution < 1.29 is 24.6 Å². The Morgan fingerprint density at radius 1 is 1.42 bits per heavy atom. The van der Waals surface area contributed by atoms with Gasteiger partial charge in [-0.2, -0.15) is 0 Å². The molecule has 19 heavy (non-hydrogen) atoms. The Balaban J connectivity index is 2.25. The molecule has 0 radical (unpaired) electrons. The van der Waals surface area contributed by atoms with Crippen LogP contribution in [0.2, 0.25) is 0 Å². The minimum Gasteiger partial charge on any atom is -0.496 e. The highest BCUT2D eigenvalue weighted by Crippen LogP contribution is 2.24. The summed E-state index contributed by atoms with van der Waals surface area (Å²) in [6.45, 7) is -0.0251. The number of rotatable bonds is 5. The van der Waals surface area contributed by atoms with E-state index in [0.29, 0.717) is 16.2 Å². The number of nitrogens with zero attached hydrogens (tertiary/aromatic N) is 2. The van der Waals surface area contributed by atoms with Gasteiger partial charge < -0.3 is 19.8 Å². The van der Waals surface area contributed by atoms with Gasteiger partial charge in [0.2, 0.25) is 5.88 Å². The zero-order valence-corrected chi connectivity index (χ0v) is 10.1. The fourth-order valence-corrected chi connectivity index (χ4v) is 1.63. The van der Waals surface area contributed by atoms with E-state index >= 15 is 0 Å². The number of aromatic nitrogens is 2. The lowest BCUT2D eigenvalue weighted by Gasteiger charge is -2.11. The Kier molecular flexibility index (Phi) is 3.56. The van der Waals surface area contributed by atoms with Crippen LogP contribution in [0, 0.1) is 0 Å². The molecule has 7 nitrogen and oxygen atoms in total. The highest BCUT2D eigenvalue weighted by molar-refractivity contribution is 5.90. The maximum Gasteiger partial charge on any atom is 0.336 e. The van der Waals surface area contributed by atoms with Crippen molar-refractivity contribution >= 4 is 5.97 Å². The summed E-state index contributed by atoms with van der Waals surface area (Å²) in [5.74, 6) is -0.460. The number of hydrogen-bond donors (Lipinski definition) is 2. The molecule has 0 aliphatic heterocycles. The molecule has 2 N–H and O–H groups in total. The molecule has 1 heterocycles. The molecule has 0 atom stereocenters. The topological polar surface area (TPSA) is 93.8 Å². The van der Waals surface area contributed by atoms with Crippen LogP contribution in [0.5, 0.6) is 11.6 Å². The largest absolute Gasteiger partial charge is 0.496 e. The number of benzene rings is 1. The molecule has 0 aliphatic rings. The second kappa shape index (κ2) is 5.30. The maximum absolute atomic E-state index is 11.1. The first-order valence-electron chi connectivity index (χ1n) is 5.38.